The summed E-state index contributed by atoms with van der Waals surface area (Å²) in [6, 6.07) is 5.35. The third kappa shape index (κ3) is 9.73. The number of hydrogen-bond donors (Lipinski definition) is 2. The molecule has 0 radical (unpaired) electrons. The molecule has 0 unspecified atom stereocenters. The van der Waals surface area contributed by atoms with Crippen molar-refractivity contribution in [3.8, 4) is 0 Å². The average molecular weight is 372 g/mol. The Labute approximate surface area is 164 Å². The first kappa shape index (κ1) is 26.8. The van der Waals surface area contributed by atoms with E-state index in [9.17, 15) is 9.82 Å². The fourth-order valence-corrected chi connectivity index (χ4v) is 2.00. The Morgan fingerprint density at radius 1 is 1.26 bits per heavy atom. The molecule has 27 heavy (non-hydrogen) atoms. The van der Waals surface area contributed by atoms with Crippen molar-refractivity contribution in [2.45, 2.75) is 41.0 Å². The van der Waals surface area contributed by atoms with Gasteiger partial charge >= 0.3 is 7.12 Å². The van der Waals surface area contributed by atoms with E-state index >= 15 is 0 Å². The monoisotopic (exact) mass is 372 g/mol. The van der Waals surface area contributed by atoms with Gasteiger partial charge in [0.1, 0.15) is 5.71 Å². The van der Waals surface area contributed by atoms with Crippen LogP contribution in [0.2, 0.25) is 0 Å². The van der Waals surface area contributed by atoms with Gasteiger partial charge in [0.15, 0.2) is 0 Å². The predicted octanol–water partition coefficient (Wildman–Crippen LogP) is 3.90. The summed E-state index contributed by atoms with van der Waals surface area (Å²) in [4.78, 5) is 15.7. The first-order valence-corrected chi connectivity index (χ1v) is 9.19. The zero-order valence-corrected chi connectivity index (χ0v) is 17.3. The zero-order chi connectivity index (χ0) is 21.2. The Bertz CT molecular complexity index is 628. The number of hydrogen-bond acceptors (Lipinski definition) is 4. The van der Waals surface area contributed by atoms with Crippen LogP contribution in [-0.4, -0.2) is 30.4 Å². The fraction of sp³-hybridized carbons (Fsp3) is 0.333. The van der Waals surface area contributed by atoms with Crippen LogP contribution in [-0.2, 0) is 15.9 Å². The molecule has 6 heteroatoms. The van der Waals surface area contributed by atoms with Gasteiger partial charge in [0.2, 0.25) is 0 Å². The molecule has 1 aromatic carbocycles. The summed E-state index contributed by atoms with van der Waals surface area (Å²) in [5.74, 6) is -0.383. The van der Waals surface area contributed by atoms with E-state index in [0.29, 0.717) is 17.8 Å². The summed E-state index contributed by atoms with van der Waals surface area (Å²) in [5, 5.41) is 12.5. The first-order chi connectivity index (χ1) is 13.1. The molecule has 0 saturated carbocycles. The van der Waals surface area contributed by atoms with E-state index in [1.807, 2.05) is 40.7 Å². The molecule has 1 aliphatic rings. The quantitative estimate of drug-likeness (QED) is 0.478. The van der Waals surface area contributed by atoms with Crippen molar-refractivity contribution in [2.24, 2.45) is 4.99 Å². The average Bonchev–Trinajstić information content (AvgIpc) is 2.70. The minimum absolute atomic E-state index is 0.175. The van der Waals surface area contributed by atoms with Crippen molar-refractivity contribution >= 4 is 29.9 Å². The van der Waals surface area contributed by atoms with Crippen LogP contribution >= 0.6 is 0 Å². The van der Waals surface area contributed by atoms with Gasteiger partial charge in [0, 0.05) is 18.5 Å². The third-order valence-corrected chi connectivity index (χ3v) is 2.97. The van der Waals surface area contributed by atoms with Gasteiger partial charge < -0.3 is 15.0 Å². The molecule has 0 bridgehead atoms. The van der Waals surface area contributed by atoms with Crippen LogP contribution in [0, 0.1) is 0 Å². The molecule has 2 rings (SSSR count). The maximum absolute atomic E-state index is 11.9. The highest BCUT2D eigenvalue weighted by molar-refractivity contribution is 6.61. The number of benzene rings is 1. The maximum atomic E-state index is 11.9. The van der Waals surface area contributed by atoms with Crippen LogP contribution in [0.4, 0.5) is 5.69 Å². The standard InChI is InChI=1S/C14H15BN2O3.C3H6.2C2H6/c1-3-13(16-4-2)14(18)17-11-6-5-10-7-8-20-15(19)12(10)9-11;1-3-2;2*1-2/h3-6,9,19H,1-2,7-8H2,(H,17,18);3H,1H2,2H3;2*1-2H3. The maximum Gasteiger partial charge on any atom is 0.491 e. The summed E-state index contributed by atoms with van der Waals surface area (Å²) >= 11 is 0. The van der Waals surface area contributed by atoms with Gasteiger partial charge in [-0.3, -0.25) is 9.79 Å². The van der Waals surface area contributed by atoms with E-state index in [0.717, 1.165) is 12.0 Å². The Balaban J connectivity index is 0. The molecule has 0 saturated heterocycles. The number of carbonyl (C=O) groups excluding carboxylic acids is 1. The molecule has 0 spiro atoms. The van der Waals surface area contributed by atoms with Gasteiger partial charge in [-0.15, -0.1) is 6.58 Å². The largest absolute Gasteiger partial charge is 0.491 e. The van der Waals surface area contributed by atoms with Crippen LogP contribution in [0.3, 0.4) is 0 Å². The number of anilines is 1. The van der Waals surface area contributed by atoms with Crippen LogP contribution in [0.25, 0.3) is 0 Å². The van der Waals surface area contributed by atoms with Gasteiger partial charge in [-0.1, -0.05) is 53.0 Å². The zero-order valence-electron chi connectivity index (χ0n) is 17.3. The van der Waals surface area contributed by atoms with Gasteiger partial charge in [-0.05, 0) is 42.6 Å². The number of allylic oxidation sites excluding steroid dienone is 1. The lowest BCUT2D eigenvalue weighted by Gasteiger charge is -2.19. The topological polar surface area (TPSA) is 70.9 Å². The summed E-state index contributed by atoms with van der Waals surface area (Å²) in [7, 11) is -0.948. The molecule has 0 atom stereocenters. The SMILES string of the molecule is C=CC.C=CN=C(C=C)C(=O)Nc1ccc2c(c1)B(O)OCC2.CC.CC. The number of aliphatic imine (C=N–C) groups is 1. The smallest absolute Gasteiger partial charge is 0.423 e. The van der Waals surface area contributed by atoms with Crippen molar-refractivity contribution < 1.29 is 14.5 Å². The van der Waals surface area contributed by atoms with Gasteiger partial charge in [0.25, 0.3) is 5.91 Å². The van der Waals surface area contributed by atoms with Crippen LogP contribution in [0.1, 0.15) is 40.2 Å². The number of amides is 1. The lowest BCUT2D eigenvalue weighted by atomic mass is 9.73. The van der Waals surface area contributed by atoms with Gasteiger partial charge in [-0.25, -0.2) is 0 Å². The molecule has 1 aromatic rings. The second-order valence-corrected chi connectivity index (χ2v) is 4.65. The van der Waals surface area contributed by atoms with Crippen molar-refractivity contribution in [1.29, 1.82) is 0 Å². The lowest BCUT2D eigenvalue weighted by Crippen LogP contribution is -2.41. The molecule has 5 nitrogen and oxygen atoms in total. The van der Waals surface area contributed by atoms with Gasteiger partial charge in [-0.2, -0.15) is 0 Å². The molecule has 1 aliphatic heterocycles. The van der Waals surface area contributed by atoms with E-state index in [2.05, 4.69) is 30.0 Å². The van der Waals surface area contributed by atoms with Crippen LogP contribution in [0.5, 0.6) is 0 Å². The second-order valence-electron chi connectivity index (χ2n) is 4.65. The molecule has 148 valence electrons. The van der Waals surface area contributed by atoms with E-state index in [1.54, 1.807) is 18.2 Å². The number of rotatable bonds is 4. The Kier molecular flexibility index (Phi) is 16.9. The summed E-state index contributed by atoms with van der Waals surface area (Å²) in [6.45, 7) is 20.7. The summed E-state index contributed by atoms with van der Waals surface area (Å²) in [6.07, 6.45) is 5.13. The van der Waals surface area contributed by atoms with E-state index in [-0.39, 0.29) is 11.6 Å². The van der Waals surface area contributed by atoms with Crippen molar-refractivity contribution in [3.05, 3.63) is 61.9 Å². The molecule has 1 heterocycles. The van der Waals surface area contributed by atoms with Crippen LogP contribution < -0.4 is 10.8 Å². The first-order valence-electron chi connectivity index (χ1n) is 9.19. The minimum atomic E-state index is -0.948. The molecule has 1 amide bonds. The number of fused-ring (bicyclic) bond motifs is 1. The Morgan fingerprint density at radius 3 is 2.37 bits per heavy atom. The number of nitrogens with zero attached hydrogens (tertiary/aromatic N) is 1. The molecular formula is C21H33BN2O3. The fourth-order valence-electron chi connectivity index (χ4n) is 2.00. The molecule has 2 N–H and O–H groups in total. The number of carbonyl (C=O) groups is 1. The highest BCUT2D eigenvalue weighted by Gasteiger charge is 2.25. The summed E-state index contributed by atoms with van der Waals surface area (Å²) in [5.41, 5.74) is 2.44. The highest BCUT2D eigenvalue weighted by Crippen LogP contribution is 2.12. The number of nitrogens with one attached hydrogen (secondary N) is 1. The van der Waals surface area contributed by atoms with Crippen molar-refractivity contribution in [1.82, 2.24) is 0 Å². The van der Waals surface area contributed by atoms with Crippen molar-refractivity contribution in [2.75, 3.05) is 11.9 Å². The second kappa shape index (κ2) is 17.0. The highest BCUT2D eigenvalue weighted by atomic mass is 16.5. The van der Waals surface area contributed by atoms with E-state index < -0.39 is 7.12 Å². The van der Waals surface area contributed by atoms with E-state index in [4.69, 9.17) is 4.65 Å². The Hall–Kier alpha value is -2.44. The lowest BCUT2D eigenvalue weighted by molar-refractivity contribution is -0.110. The minimum Gasteiger partial charge on any atom is -0.423 e. The molecule has 0 aromatic heterocycles. The normalized spacial score (nSPS) is 11.6. The van der Waals surface area contributed by atoms with Crippen molar-refractivity contribution in [3.63, 3.8) is 0 Å². The Morgan fingerprint density at radius 2 is 1.85 bits per heavy atom. The molecule has 0 fully saturated rings. The molecule has 0 aliphatic carbocycles. The third-order valence-electron chi connectivity index (χ3n) is 2.97. The predicted molar refractivity (Wildman–Crippen MR) is 119 cm³/mol. The van der Waals surface area contributed by atoms with Gasteiger partial charge in [0.05, 0.1) is 0 Å². The van der Waals surface area contributed by atoms with Crippen LogP contribution in [0.15, 0.2) is 61.3 Å². The van der Waals surface area contributed by atoms with E-state index in [1.165, 1.54) is 12.3 Å². The summed E-state index contributed by atoms with van der Waals surface area (Å²) < 4.78 is 5.16. The molecular weight excluding hydrogens is 339 g/mol.